The summed E-state index contributed by atoms with van der Waals surface area (Å²) in [5.74, 6) is 0. The first-order chi connectivity index (χ1) is 19.7. The molecule has 6 rings (SSSR count). The first-order valence-electron chi connectivity index (χ1n) is 13.4. The zero-order chi connectivity index (χ0) is 27.3. The molecule has 0 aliphatic carbocycles. The fraction of sp³-hybridized carbons (Fsp3) is 0. The van der Waals surface area contributed by atoms with Gasteiger partial charge in [-0.3, -0.25) is 0 Å². The van der Waals surface area contributed by atoms with Crippen LogP contribution in [0.4, 0.5) is 0 Å². The zero-order valence-corrected chi connectivity index (χ0v) is 24.6. The second kappa shape index (κ2) is 11.0. The van der Waals surface area contributed by atoms with Crippen LogP contribution in [-0.4, -0.2) is 0 Å². The molecule has 0 fully saturated rings. The third kappa shape index (κ3) is 4.36. The molecule has 0 spiro atoms. The van der Waals surface area contributed by atoms with E-state index in [4.69, 9.17) is 15.8 Å². The third-order valence-corrected chi connectivity index (χ3v) is 19.0. The van der Waals surface area contributed by atoms with E-state index in [1.165, 1.54) is 15.9 Å². The van der Waals surface area contributed by atoms with Gasteiger partial charge in [0.05, 0.1) is 0 Å². The van der Waals surface area contributed by atoms with Crippen LogP contribution in [0.1, 0.15) is 0 Å². The summed E-state index contributed by atoms with van der Waals surface area (Å²) in [6.45, 7) is 0. The Kier molecular flexibility index (Phi) is 7.31. The molecule has 0 aliphatic rings. The molecule has 1 nitrogen and oxygen atoms in total. The third-order valence-electron chi connectivity index (χ3n) is 7.37. The van der Waals surface area contributed by atoms with Gasteiger partial charge in [0.25, 0.3) is 0 Å². The number of hydrogen-bond acceptors (Lipinski definition) is 1. The van der Waals surface area contributed by atoms with Gasteiger partial charge in [-0.1, -0.05) is 0 Å². The molecule has 6 aromatic rings. The summed E-state index contributed by atoms with van der Waals surface area (Å²) in [6, 6.07) is 63.7. The molecule has 0 atom stereocenters. The zero-order valence-electron chi connectivity index (χ0n) is 22.0. The topological polar surface area (TPSA) is 12.4 Å². The maximum absolute atomic E-state index is 8.60. The molecule has 0 unspecified atom stereocenters. The maximum atomic E-state index is 8.60. The normalized spacial score (nSPS) is 12.7. The summed E-state index contributed by atoms with van der Waals surface area (Å²) in [7, 11) is -2.69. The van der Waals surface area contributed by atoms with Gasteiger partial charge in [-0.25, -0.2) is 0 Å². The molecule has 0 saturated carbocycles. The summed E-state index contributed by atoms with van der Waals surface area (Å²) in [5.41, 5.74) is 0. The van der Waals surface area contributed by atoms with E-state index < -0.39 is 13.2 Å². The number of hydrogen-bond donors (Lipinski definition) is 0. The van der Waals surface area contributed by atoms with E-state index in [1.807, 2.05) is 18.2 Å². The Hall–Kier alpha value is -3.73. The van der Waals surface area contributed by atoms with Gasteiger partial charge in [0.15, 0.2) is 0 Å². The predicted octanol–water partition coefficient (Wildman–Crippen LogP) is 7.76. The minimum atomic E-state index is -4.00. The van der Waals surface area contributed by atoms with E-state index in [2.05, 4.69) is 164 Å². The average molecular weight is 574 g/mol. The van der Waals surface area contributed by atoms with Gasteiger partial charge in [-0.05, 0) is 0 Å². The van der Waals surface area contributed by atoms with Gasteiger partial charge in [-0.15, -0.1) is 0 Å². The van der Waals surface area contributed by atoms with E-state index in [0.29, 0.717) is 0 Å². The van der Waals surface area contributed by atoms with Crippen molar-refractivity contribution in [2.24, 2.45) is 4.52 Å². The van der Waals surface area contributed by atoms with Crippen molar-refractivity contribution in [3.8, 4) is 0 Å². The summed E-state index contributed by atoms with van der Waals surface area (Å²) in [4.78, 5) is 0. The monoisotopic (exact) mass is 573 g/mol. The molecule has 0 bridgehead atoms. The Morgan fingerprint density at radius 3 is 0.825 bits per heavy atom. The molecule has 0 saturated heterocycles. The molecule has 0 aromatic heterocycles. The van der Waals surface area contributed by atoms with E-state index in [9.17, 15) is 0 Å². The Morgan fingerprint density at radius 1 is 0.350 bits per heavy atom. The molecule has 4 heteroatoms. The van der Waals surface area contributed by atoms with Gasteiger partial charge in [0.1, 0.15) is 0 Å². The summed E-state index contributed by atoms with van der Waals surface area (Å²) < 4.78 is 6.30. The van der Waals surface area contributed by atoms with Crippen molar-refractivity contribution >= 4 is 56.2 Å². The van der Waals surface area contributed by atoms with Gasteiger partial charge >= 0.3 is 243 Å². The Balaban J connectivity index is 1.93. The van der Waals surface area contributed by atoms with Crippen molar-refractivity contribution in [2.45, 2.75) is 0 Å². The van der Waals surface area contributed by atoms with E-state index >= 15 is 0 Å². The number of nitrogens with zero attached hydrogens (tertiary/aromatic N) is 1. The molecule has 40 heavy (non-hydrogen) atoms. The Bertz CT molecular complexity index is 1540. The molecular weight excluding hydrogens is 544 g/mol. The Morgan fingerprint density at radius 2 is 0.575 bits per heavy atom. The van der Waals surface area contributed by atoms with Gasteiger partial charge < -0.3 is 0 Å². The second-order valence-corrected chi connectivity index (χ2v) is 18.7. The van der Waals surface area contributed by atoms with Crippen LogP contribution >= 0.6 is 24.4 Å². The van der Waals surface area contributed by atoms with E-state index in [1.54, 1.807) is 0 Å². The molecule has 196 valence electrons. The van der Waals surface area contributed by atoms with Crippen molar-refractivity contribution in [1.82, 2.24) is 0 Å². The Labute approximate surface area is 242 Å². The van der Waals surface area contributed by atoms with Crippen LogP contribution in [0.15, 0.2) is 187 Å². The van der Waals surface area contributed by atoms with Crippen LogP contribution in [0.2, 0.25) is 0 Å². The van der Waals surface area contributed by atoms with Crippen molar-refractivity contribution in [2.75, 3.05) is 0 Å². The van der Waals surface area contributed by atoms with E-state index in [0.717, 1.165) is 15.9 Å². The molecule has 0 radical (unpaired) electrons. The predicted molar refractivity (Wildman–Crippen MR) is 179 cm³/mol. The summed E-state index contributed by atoms with van der Waals surface area (Å²) in [5, 5.41) is 6.60. The van der Waals surface area contributed by atoms with Crippen molar-refractivity contribution in [1.29, 1.82) is 0 Å². The number of rotatable bonds is 7. The van der Waals surface area contributed by atoms with Gasteiger partial charge in [0, 0.05) is 0 Å². The minimum absolute atomic E-state index is 1.03. The summed E-state index contributed by atoms with van der Waals surface area (Å²) in [6.07, 6.45) is -4.00. The van der Waals surface area contributed by atoms with Crippen LogP contribution < -0.4 is 31.8 Å². The van der Waals surface area contributed by atoms with Gasteiger partial charge in [-0.2, -0.15) is 0 Å². The van der Waals surface area contributed by atoms with Crippen LogP contribution in [0.3, 0.4) is 0 Å². The number of benzene rings is 6. The van der Waals surface area contributed by atoms with Crippen molar-refractivity contribution in [3.05, 3.63) is 182 Å². The molecular formula is C36H30ClNP2. The SMILES string of the molecule is ClP(N=P(c1ccccc1)(c1ccccc1)c1ccccc1)(c1ccccc1)(c1ccccc1)c1ccccc1. The summed E-state index contributed by atoms with van der Waals surface area (Å²) >= 11 is 8.60. The quantitative estimate of drug-likeness (QED) is 0.173. The van der Waals surface area contributed by atoms with Crippen LogP contribution in [0, 0.1) is 0 Å². The average Bonchev–Trinajstić information content (AvgIpc) is 3.06. The van der Waals surface area contributed by atoms with Gasteiger partial charge in [0.2, 0.25) is 0 Å². The molecule has 6 aromatic carbocycles. The first kappa shape index (κ1) is 26.5. The first-order valence-corrected chi connectivity index (χ1v) is 18.2. The van der Waals surface area contributed by atoms with Crippen LogP contribution in [-0.2, 0) is 0 Å². The fourth-order valence-electron chi connectivity index (χ4n) is 5.49. The van der Waals surface area contributed by atoms with Crippen LogP contribution in [0.5, 0.6) is 0 Å². The number of halogens is 1. The molecule has 0 amide bonds. The second-order valence-electron chi connectivity index (χ2n) is 9.70. The molecule has 0 aliphatic heterocycles. The van der Waals surface area contributed by atoms with E-state index in [-0.39, 0.29) is 0 Å². The standard InChI is InChI=1S/C36H30ClNP2/c37-40(34-25-13-4-14-26-34,35-27-15-5-16-28-35,36-29-17-6-18-30-36)38-39(31-19-7-1-8-20-31,32-21-9-2-10-22-32)33-23-11-3-12-24-33/h1-30H. The van der Waals surface area contributed by atoms with Crippen LogP contribution in [0.25, 0.3) is 0 Å². The molecule has 0 heterocycles. The fourth-order valence-corrected chi connectivity index (χ4v) is 17.7. The van der Waals surface area contributed by atoms with Crippen molar-refractivity contribution < 1.29 is 0 Å². The molecule has 0 N–H and O–H groups in total. The van der Waals surface area contributed by atoms with Crippen molar-refractivity contribution in [3.63, 3.8) is 0 Å².